The average Bonchev–Trinajstić information content (AvgIpc) is 3.03. The lowest BCUT2D eigenvalue weighted by atomic mass is 9.87. The van der Waals surface area contributed by atoms with Crippen LogP contribution in [0.25, 0.3) is 0 Å². The van der Waals surface area contributed by atoms with E-state index in [1.54, 1.807) is 35.1 Å². The van der Waals surface area contributed by atoms with E-state index in [0.717, 1.165) is 5.56 Å². The summed E-state index contributed by atoms with van der Waals surface area (Å²) < 4.78 is 15.4. The summed E-state index contributed by atoms with van der Waals surface area (Å²) >= 11 is 0. The lowest BCUT2D eigenvalue weighted by Gasteiger charge is -2.19. The molecular formula is C22H24FN3O. The highest BCUT2D eigenvalue weighted by Crippen LogP contribution is 2.22. The molecule has 0 aliphatic rings. The molecule has 0 aliphatic carbocycles. The fourth-order valence-electron chi connectivity index (χ4n) is 2.85. The first-order valence-corrected chi connectivity index (χ1v) is 8.97. The Morgan fingerprint density at radius 3 is 2.44 bits per heavy atom. The Balaban J connectivity index is 1.67. The second-order valence-corrected chi connectivity index (χ2v) is 7.64. The summed E-state index contributed by atoms with van der Waals surface area (Å²) in [6.45, 7) is 7.09. The van der Waals surface area contributed by atoms with Crippen molar-refractivity contribution in [2.45, 2.75) is 39.2 Å². The van der Waals surface area contributed by atoms with Crippen LogP contribution in [-0.4, -0.2) is 15.7 Å². The predicted octanol–water partition coefficient (Wildman–Crippen LogP) is 4.55. The van der Waals surface area contributed by atoms with Crippen LogP contribution in [0.15, 0.2) is 60.8 Å². The lowest BCUT2D eigenvalue weighted by Crippen LogP contribution is -2.18. The lowest BCUT2D eigenvalue weighted by molar-refractivity contribution is -0.115. The molecule has 1 N–H and O–H groups in total. The summed E-state index contributed by atoms with van der Waals surface area (Å²) in [4.78, 5) is 12.3. The molecule has 3 rings (SSSR count). The Morgan fingerprint density at radius 2 is 1.78 bits per heavy atom. The number of hydrogen-bond donors (Lipinski definition) is 1. The molecule has 0 spiro atoms. The third kappa shape index (κ3) is 4.82. The number of benzene rings is 2. The molecule has 0 fully saturated rings. The van der Waals surface area contributed by atoms with Crippen molar-refractivity contribution < 1.29 is 9.18 Å². The number of aromatic nitrogens is 2. The van der Waals surface area contributed by atoms with E-state index in [9.17, 15) is 9.18 Å². The highest BCUT2D eigenvalue weighted by molar-refractivity contribution is 5.91. The standard InChI is InChI=1S/C22H24FN3O/c1-22(2,3)18-10-8-16(9-11-18)15-26-20(12-13-24-26)25-21(27)14-17-6-4-5-7-19(17)23/h4-13H,14-15H2,1-3H3,(H,25,27). The molecule has 27 heavy (non-hydrogen) atoms. The molecule has 0 saturated carbocycles. The van der Waals surface area contributed by atoms with Gasteiger partial charge in [-0.2, -0.15) is 5.10 Å². The van der Waals surface area contributed by atoms with Crippen molar-refractivity contribution >= 4 is 11.7 Å². The molecule has 2 aromatic carbocycles. The largest absolute Gasteiger partial charge is 0.311 e. The van der Waals surface area contributed by atoms with Crippen molar-refractivity contribution in [2.75, 3.05) is 5.32 Å². The highest BCUT2D eigenvalue weighted by Gasteiger charge is 2.14. The maximum absolute atomic E-state index is 13.7. The van der Waals surface area contributed by atoms with Gasteiger partial charge in [-0.25, -0.2) is 9.07 Å². The number of hydrogen-bond acceptors (Lipinski definition) is 2. The quantitative estimate of drug-likeness (QED) is 0.721. The molecule has 1 aromatic heterocycles. The van der Waals surface area contributed by atoms with E-state index in [1.165, 1.54) is 11.6 Å². The summed E-state index contributed by atoms with van der Waals surface area (Å²) in [6.07, 6.45) is 1.63. The smallest absolute Gasteiger partial charge is 0.230 e. The van der Waals surface area contributed by atoms with Gasteiger partial charge in [0.2, 0.25) is 5.91 Å². The van der Waals surface area contributed by atoms with Crippen LogP contribution in [0.5, 0.6) is 0 Å². The van der Waals surface area contributed by atoms with E-state index in [0.29, 0.717) is 17.9 Å². The summed E-state index contributed by atoms with van der Waals surface area (Å²) in [5, 5.41) is 7.11. The molecule has 0 bridgehead atoms. The van der Waals surface area contributed by atoms with Gasteiger partial charge in [-0.15, -0.1) is 0 Å². The third-order valence-electron chi connectivity index (χ3n) is 4.45. The van der Waals surface area contributed by atoms with Crippen LogP contribution >= 0.6 is 0 Å². The Labute approximate surface area is 159 Å². The van der Waals surface area contributed by atoms with Gasteiger partial charge in [-0.3, -0.25) is 4.79 Å². The fourth-order valence-corrected chi connectivity index (χ4v) is 2.85. The molecule has 1 heterocycles. The monoisotopic (exact) mass is 365 g/mol. The molecule has 0 atom stereocenters. The van der Waals surface area contributed by atoms with Crippen molar-refractivity contribution in [3.05, 3.63) is 83.3 Å². The van der Waals surface area contributed by atoms with Gasteiger partial charge in [0, 0.05) is 6.07 Å². The van der Waals surface area contributed by atoms with Gasteiger partial charge in [0.1, 0.15) is 11.6 Å². The number of anilines is 1. The van der Waals surface area contributed by atoms with Gasteiger partial charge in [0.05, 0.1) is 19.2 Å². The first-order valence-electron chi connectivity index (χ1n) is 8.97. The van der Waals surface area contributed by atoms with Gasteiger partial charge < -0.3 is 5.32 Å². The third-order valence-corrected chi connectivity index (χ3v) is 4.45. The van der Waals surface area contributed by atoms with Crippen LogP contribution < -0.4 is 5.32 Å². The van der Waals surface area contributed by atoms with Crippen LogP contribution in [0.4, 0.5) is 10.2 Å². The minimum absolute atomic E-state index is 0.0157. The van der Waals surface area contributed by atoms with Crippen molar-refractivity contribution in [1.82, 2.24) is 9.78 Å². The number of amides is 1. The molecule has 0 saturated heterocycles. The fraction of sp³-hybridized carbons (Fsp3) is 0.273. The van der Waals surface area contributed by atoms with E-state index in [4.69, 9.17) is 0 Å². The predicted molar refractivity (Wildman–Crippen MR) is 105 cm³/mol. The molecule has 0 radical (unpaired) electrons. The van der Waals surface area contributed by atoms with Crippen LogP contribution in [0.1, 0.15) is 37.5 Å². The van der Waals surface area contributed by atoms with Crippen LogP contribution in [0.3, 0.4) is 0 Å². The topological polar surface area (TPSA) is 46.9 Å². The molecular weight excluding hydrogens is 341 g/mol. The van der Waals surface area contributed by atoms with E-state index >= 15 is 0 Å². The van der Waals surface area contributed by atoms with E-state index in [-0.39, 0.29) is 23.6 Å². The van der Waals surface area contributed by atoms with E-state index in [2.05, 4.69) is 55.5 Å². The average molecular weight is 365 g/mol. The number of nitrogens with one attached hydrogen (secondary N) is 1. The van der Waals surface area contributed by atoms with Crippen molar-refractivity contribution in [3.8, 4) is 0 Å². The van der Waals surface area contributed by atoms with Crippen molar-refractivity contribution in [2.24, 2.45) is 0 Å². The van der Waals surface area contributed by atoms with Gasteiger partial charge in [-0.05, 0) is 28.2 Å². The first-order chi connectivity index (χ1) is 12.8. The first kappa shape index (κ1) is 18.8. The zero-order valence-corrected chi connectivity index (χ0v) is 15.9. The number of rotatable bonds is 5. The summed E-state index contributed by atoms with van der Waals surface area (Å²) in [7, 11) is 0. The second-order valence-electron chi connectivity index (χ2n) is 7.64. The molecule has 4 nitrogen and oxygen atoms in total. The molecule has 0 unspecified atom stereocenters. The maximum Gasteiger partial charge on any atom is 0.230 e. The minimum atomic E-state index is -0.375. The van der Waals surface area contributed by atoms with Gasteiger partial charge in [-0.1, -0.05) is 63.2 Å². The van der Waals surface area contributed by atoms with Gasteiger partial charge in [0.25, 0.3) is 0 Å². The summed E-state index contributed by atoms with van der Waals surface area (Å²) in [6, 6.07) is 16.4. The molecule has 140 valence electrons. The number of halogens is 1. The maximum atomic E-state index is 13.7. The number of nitrogens with zero attached hydrogens (tertiary/aromatic N) is 2. The molecule has 3 aromatic rings. The molecule has 5 heteroatoms. The molecule has 1 amide bonds. The van der Waals surface area contributed by atoms with Gasteiger partial charge >= 0.3 is 0 Å². The van der Waals surface area contributed by atoms with Crippen LogP contribution in [0, 0.1) is 5.82 Å². The van der Waals surface area contributed by atoms with Crippen LogP contribution in [0.2, 0.25) is 0 Å². The Morgan fingerprint density at radius 1 is 1.07 bits per heavy atom. The second kappa shape index (κ2) is 7.74. The summed E-state index contributed by atoms with van der Waals surface area (Å²) in [5.74, 6) is -0.0544. The van der Waals surface area contributed by atoms with E-state index < -0.39 is 0 Å². The minimum Gasteiger partial charge on any atom is -0.311 e. The van der Waals surface area contributed by atoms with Crippen molar-refractivity contribution in [3.63, 3.8) is 0 Å². The Bertz CT molecular complexity index is 923. The van der Waals surface area contributed by atoms with Crippen molar-refractivity contribution in [1.29, 1.82) is 0 Å². The number of carbonyl (C=O) groups is 1. The summed E-state index contributed by atoms with van der Waals surface area (Å²) in [5.41, 5.74) is 2.84. The normalized spacial score (nSPS) is 11.4. The van der Waals surface area contributed by atoms with Crippen LogP contribution in [-0.2, 0) is 23.2 Å². The Hall–Kier alpha value is -2.95. The van der Waals surface area contributed by atoms with Gasteiger partial charge in [0.15, 0.2) is 0 Å². The zero-order valence-electron chi connectivity index (χ0n) is 15.9. The number of carbonyl (C=O) groups excluding carboxylic acids is 1. The zero-order chi connectivity index (χ0) is 19.4. The van der Waals surface area contributed by atoms with E-state index in [1.807, 2.05) is 0 Å². The molecule has 0 aliphatic heterocycles. The SMILES string of the molecule is CC(C)(C)c1ccc(Cn2nccc2NC(=O)Cc2ccccc2F)cc1. The Kier molecular flexibility index (Phi) is 5.40. The highest BCUT2D eigenvalue weighted by atomic mass is 19.1.